The molecule has 1 amide bonds. The fourth-order valence-corrected chi connectivity index (χ4v) is 6.36. The Morgan fingerprint density at radius 3 is 2.69 bits per heavy atom. The summed E-state index contributed by atoms with van der Waals surface area (Å²) < 4.78 is 26.4. The number of fused-ring (bicyclic) bond motifs is 2. The van der Waals surface area contributed by atoms with Gasteiger partial charge in [0.25, 0.3) is 5.91 Å². The Morgan fingerprint density at radius 1 is 1.19 bits per heavy atom. The van der Waals surface area contributed by atoms with Gasteiger partial charge in [-0.2, -0.15) is 0 Å². The SMILES string of the molecule is Cn1cc(C(=O)N2CCN(CCO)C3CS(=O)(=O)CC32)c2ccccc21. The van der Waals surface area contributed by atoms with Crippen LogP contribution in [0.2, 0.25) is 0 Å². The molecule has 140 valence electrons. The van der Waals surface area contributed by atoms with Gasteiger partial charge in [0.2, 0.25) is 0 Å². The lowest BCUT2D eigenvalue weighted by Gasteiger charge is -2.43. The summed E-state index contributed by atoms with van der Waals surface area (Å²) in [5, 5.41) is 10.2. The Morgan fingerprint density at radius 2 is 1.92 bits per heavy atom. The molecule has 1 aromatic carbocycles. The molecular weight excluding hydrogens is 354 g/mol. The Hall–Kier alpha value is -1.90. The van der Waals surface area contributed by atoms with Crippen LogP contribution >= 0.6 is 0 Å². The molecule has 0 spiro atoms. The number of rotatable bonds is 3. The predicted octanol–water partition coefficient (Wildman–Crippen LogP) is 0.0940. The van der Waals surface area contributed by atoms with Crippen LogP contribution in [-0.2, 0) is 16.9 Å². The first-order valence-corrected chi connectivity index (χ1v) is 10.6. The lowest BCUT2D eigenvalue weighted by molar-refractivity contribution is 0.0282. The summed E-state index contributed by atoms with van der Waals surface area (Å²) in [6, 6.07) is 7.14. The Balaban J connectivity index is 1.70. The van der Waals surface area contributed by atoms with E-state index >= 15 is 0 Å². The van der Waals surface area contributed by atoms with E-state index in [2.05, 4.69) is 0 Å². The molecule has 0 bridgehead atoms. The van der Waals surface area contributed by atoms with Crippen LogP contribution in [0.5, 0.6) is 0 Å². The number of nitrogens with zero attached hydrogens (tertiary/aromatic N) is 3. The summed E-state index contributed by atoms with van der Waals surface area (Å²) in [5.74, 6) is -0.0647. The van der Waals surface area contributed by atoms with Gasteiger partial charge < -0.3 is 14.6 Å². The predicted molar refractivity (Wildman–Crippen MR) is 98.8 cm³/mol. The van der Waals surface area contributed by atoms with Crippen LogP contribution < -0.4 is 0 Å². The van der Waals surface area contributed by atoms with Gasteiger partial charge in [0, 0.05) is 49.8 Å². The lowest BCUT2D eigenvalue weighted by Crippen LogP contribution is -2.61. The van der Waals surface area contributed by atoms with Crippen molar-refractivity contribution in [3.05, 3.63) is 36.0 Å². The topological polar surface area (TPSA) is 82.8 Å². The zero-order valence-corrected chi connectivity index (χ0v) is 15.5. The number of hydrogen-bond acceptors (Lipinski definition) is 5. The van der Waals surface area contributed by atoms with E-state index in [0.29, 0.717) is 25.2 Å². The first-order valence-electron chi connectivity index (χ1n) is 8.81. The van der Waals surface area contributed by atoms with Crippen molar-refractivity contribution < 1.29 is 18.3 Å². The minimum Gasteiger partial charge on any atom is -0.395 e. The number of amides is 1. The third-order valence-corrected chi connectivity index (χ3v) is 7.27. The third-order valence-electron chi connectivity index (χ3n) is 5.57. The molecule has 2 aliphatic heterocycles. The molecule has 2 unspecified atom stereocenters. The van der Waals surface area contributed by atoms with Gasteiger partial charge in [0.1, 0.15) is 0 Å². The minimum atomic E-state index is -3.19. The Kier molecular flexibility index (Phi) is 4.29. The quantitative estimate of drug-likeness (QED) is 0.820. The minimum absolute atomic E-state index is 0.00387. The standard InChI is InChI=1S/C18H23N3O4S/c1-19-10-14(13-4-2-3-5-15(13)19)18(23)21-7-6-20(8-9-22)16-11-26(24,25)12-17(16)21/h2-5,10,16-17,22H,6-9,11-12H2,1H3. The maximum atomic E-state index is 13.3. The number of benzene rings is 1. The number of piperazine rings is 1. The van der Waals surface area contributed by atoms with Gasteiger partial charge in [-0.1, -0.05) is 18.2 Å². The third kappa shape index (κ3) is 2.82. The highest BCUT2D eigenvalue weighted by Gasteiger charge is 2.48. The Bertz CT molecular complexity index is 952. The molecule has 1 aromatic heterocycles. The summed E-state index contributed by atoms with van der Waals surface area (Å²) >= 11 is 0. The van der Waals surface area contributed by atoms with Gasteiger partial charge in [-0.05, 0) is 6.07 Å². The average molecular weight is 377 g/mol. The molecular formula is C18H23N3O4S. The van der Waals surface area contributed by atoms with Gasteiger partial charge in [-0.25, -0.2) is 8.42 Å². The number of aliphatic hydroxyl groups excluding tert-OH is 1. The number of aromatic nitrogens is 1. The normalized spacial score (nSPS) is 25.5. The smallest absolute Gasteiger partial charge is 0.256 e. The zero-order chi connectivity index (χ0) is 18.5. The number of carbonyl (C=O) groups excluding carboxylic acids is 1. The first-order chi connectivity index (χ1) is 12.4. The van der Waals surface area contributed by atoms with E-state index in [0.717, 1.165) is 10.9 Å². The second-order valence-electron chi connectivity index (χ2n) is 7.14. The largest absolute Gasteiger partial charge is 0.395 e. The molecule has 2 aliphatic rings. The summed E-state index contributed by atoms with van der Waals surface area (Å²) in [6.07, 6.45) is 1.82. The van der Waals surface area contributed by atoms with E-state index in [1.807, 2.05) is 47.0 Å². The summed E-state index contributed by atoms with van der Waals surface area (Å²) in [5.41, 5.74) is 1.59. The van der Waals surface area contributed by atoms with Crippen molar-refractivity contribution in [1.29, 1.82) is 0 Å². The van der Waals surface area contributed by atoms with E-state index in [1.165, 1.54) is 0 Å². The van der Waals surface area contributed by atoms with E-state index < -0.39 is 9.84 Å². The number of aryl methyl sites for hydroxylation is 1. The molecule has 26 heavy (non-hydrogen) atoms. The van der Waals surface area contributed by atoms with Crippen LogP contribution in [0.25, 0.3) is 10.9 Å². The van der Waals surface area contributed by atoms with Gasteiger partial charge >= 0.3 is 0 Å². The fraction of sp³-hybridized carbons (Fsp3) is 0.500. The summed E-state index contributed by atoms with van der Waals surface area (Å²) in [6.45, 7) is 1.47. The number of aliphatic hydroxyl groups is 1. The summed E-state index contributed by atoms with van der Waals surface area (Å²) in [7, 11) is -1.28. The van der Waals surface area contributed by atoms with E-state index in [1.54, 1.807) is 4.90 Å². The number of hydrogen-bond donors (Lipinski definition) is 1. The average Bonchev–Trinajstić information content (AvgIpc) is 3.12. The molecule has 2 saturated heterocycles. The number of carbonyl (C=O) groups is 1. The van der Waals surface area contributed by atoms with Crippen LogP contribution in [0.3, 0.4) is 0 Å². The van der Waals surface area contributed by atoms with Crippen molar-refractivity contribution in [2.24, 2.45) is 7.05 Å². The lowest BCUT2D eigenvalue weighted by atomic mass is 10.0. The molecule has 7 nitrogen and oxygen atoms in total. The number of para-hydroxylation sites is 1. The van der Waals surface area contributed by atoms with Gasteiger partial charge in [-0.3, -0.25) is 9.69 Å². The highest BCUT2D eigenvalue weighted by Crippen LogP contribution is 2.30. The zero-order valence-electron chi connectivity index (χ0n) is 14.7. The first kappa shape index (κ1) is 17.5. The van der Waals surface area contributed by atoms with Crippen molar-refractivity contribution in [1.82, 2.24) is 14.4 Å². The molecule has 2 aromatic rings. The van der Waals surface area contributed by atoms with Crippen LogP contribution in [0.15, 0.2) is 30.5 Å². The van der Waals surface area contributed by atoms with Crippen molar-refractivity contribution in [2.45, 2.75) is 12.1 Å². The van der Waals surface area contributed by atoms with Crippen molar-refractivity contribution in [3.63, 3.8) is 0 Å². The summed E-state index contributed by atoms with van der Waals surface area (Å²) in [4.78, 5) is 17.0. The van der Waals surface area contributed by atoms with Gasteiger partial charge in [-0.15, -0.1) is 0 Å². The molecule has 4 rings (SSSR count). The maximum absolute atomic E-state index is 13.3. The molecule has 0 saturated carbocycles. The van der Waals surface area contributed by atoms with E-state index in [4.69, 9.17) is 0 Å². The van der Waals surface area contributed by atoms with Crippen LogP contribution in [0.4, 0.5) is 0 Å². The van der Waals surface area contributed by atoms with E-state index in [9.17, 15) is 18.3 Å². The number of sulfone groups is 1. The van der Waals surface area contributed by atoms with Crippen molar-refractivity contribution in [3.8, 4) is 0 Å². The molecule has 1 N–H and O–H groups in total. The fourth-order valence-electron chi connectivity index (χ4n) is 4.35. The van der Waals surface area contributed by atoms with E-state index in [-0.39, 0.29) is 36.1 Å². The van der Waals surface area contributed by atoms with Crippen molar-refractivity contribution in [2.75, 3.05) is 37.7 Å². The molecule has 3 heterocycles. The van der Waals surface area contributed by atoms with Gasteiger partial charge in [0.05, 0.1) is 29.7 Å². The second-order valence-corrected chi connectivity index (χ2v) is 9.29. The monoisotopic (exact) mass is 377 g/mol. The maximum Gasteiger partial charge on any atom is 0.256 e. The van der Waals surface area contributed by atoms with Gasteiger partial charge in [0.15, 0.2) is 9.84 Å². The molecule has 0 radical (unpaired) electrons. The highest BCUT2D eigenvalue weighted by atomic mass is 32.2. The highest BCUT2D eigenvalue weighted by molar-refractivity contribution is 7.91. The van der Waals surface area contributed by atoms with Crippen molar-refractivity contribution >= 4 is 26.6 Å². The van der Waals surface area contributed by atoms with Crippen LogP contribution in [-0.4, -0.2) is 83.6 Å². The molecule has 0 aliphatic carbocycles. The molecule has 8 heteroatoms. The molecule has 2 fully saturated rings. The Labute approximate surface area is 152 Å². The number of β-amino-alcohol motifs (C(OH)–C–C–N with tert-alkyl or cyclic N) is 1. The van der Waals surface area contributed by atoms with Crippen LogP contribution in [0, 0.1) is 0 Å². The van der Waals surface area contributed by atoms with Crippen LogP contribution in [0.1, 0.15) is 10.4 Å². The molecule has 2 atom stereocenters. The second kappa shape index (κ2) is 6.37.